The van der Waals surface area contributed by atoms with E-state index in [2.05, 4.69) is 10.3 Å². The average Bonchev–Trinajstić information content (AvgIpc) is 2.79. The highest BCUT2D eigenvalue weighted by Gasteiger charge is 2.16. The molecule has 0 aliphatic heterocycles. The first-order chi connectivity index (χ1) is 9.61. The third kappa shape index (κ3) is 3.49. The minimum atomic E-state index is -0.382. The number of aromatic nitrogens is 1. The molecule has 0 atom stereocenters. The first-order valence-corrected chi connectivity index (χ1v) is 7.43. The third-order valence-corrected chi connectivity index (χ3v) is 3.95. The van der Waals surface area contributed by atoms with E-state index in [1.54, 1.807) is 6.92 Å². The molecule has 106 valence electrons. The molecule has 0 radical (unpaired) electrons. The lowest BCUT2D eigenvalue weighted by Gasteiger charge is -2.04. The molecule has 0 unspecified atom stereocenters. The van der Waals surface area contributed by atoms with Crippen molar-refractivity contribution in [2.75, 3.05) is 11.9 Å². The summed E-state index contributed by atoms with van der Waals surface area (Å²) in [6.07, 6.45) is 0. The van der Waals surface area contributed by atoms with Crippen LogP contribution in [0.2, 0.25) is 5.02 Å². The van der Waals surface area contributed by atoms with Crippen molar-refractivity contribution < 1.29 is 9.53 Å². The summed E-state index contributed by atoms with van der Waals surface area (Å²) in [6.45, 7) is 4.54. The van der Waals surface area contributed by atoms with Crippen molar-refractivity contribution in [3.8, 4) is 0 Å². The second-order valence-corrected chi connectivity index (χ2v) is 5.70. The number of esters is 1. The van der Waals surface area contributed by atoms with Gasteiger partial charge in [-0.1, -0.05) is 29.8 Å². The van der Waals surface area contributed by atoms with Crippen molar-refractivity contribution in [3.63, 3.8) is 0 Å². The molecule has 1 heterocycles. The van der Waals surface area contributed by atoms with Crippen molar-refractivity contribution in [3.05, 3.63) is 45.4 Å². The van der Waals surface area contributed by atoms with Crippen LogP contribution in [0, 0.1) is 6.92 Å². The summed E-state index contributed by atoms with van der Waals surface area (Å²) >= 11 is 7.52. The van der Waals surface area contributed by atoms with E-state index in [-0.39, 0.29) is 5.97 Å². The second-order valence-electron chi connectivity index (χ2n) is 4.09. The summed E-state index contributed by atoms with van der Waals surface area (Å²) in [7, 11) is 0. The van der Waals surface area contributed by atoms with Crippen LogP contribution >= 0.6 is 22.9 Å². The minimum absolute atomic E-state index is 0.345. The predicted molar refractivity (Wildman–Crippen MR) is 81.6 cm³/mol. The number of nitrogens with zero attached hydrogens (tertiary/aromatic N) is 1. The van der Waals surface area contributed by atoms with Crippen molar-refractivity contribution in [1.29, 1.82) is 0 Å². The Labute approximate surface area is 126 Å². The summed E-state index contributed by atoms with van der Waals surface area (Å²) in [6, 6.07) is 7.61. The molecule has 0 amide bonds. The molecule has 0 aliphatic rings. The topological polar surface area (TPSA) is 51.2 Å². The Morgan fingerprint density at radius 1 is 1.45 bits per heavy atom. The maximum atomic E-state index is 11.7. The number of hydrogen-bond acceptors (Lipinski definition) is 5. The zero-order chi connectivity index (χ0) is 14.5. The number of rotatable bonds is 5. The Balaban J connectivity index is 2.06. The predicted octanol–water partition coefficient (Wildman–Crippen LogP) is 3.89. The number of carbonyl (C=O) groups is 1. The number of nitrogens with one attached hydrogen (secondary N) is 1. The summed E-state index contributed by atoms with van der Waals surface area (Å²) in [5.41, 5.74) is 1.36. The number of aryl methyl sites for hydroxylation is 1. The minimum Gasteiger partial charge on any atom is -0.461 e. The van der Waals surface area contributed by atoms with Crippen LogP contribution in [0.3, 0.4) is 0 Å². The highest BCUT2D eigenvalue weighted by atomic mass is 35.5. The fraction of sp³-hybridized carbons (Fsp3) is 0.286. The van der Waals surface area contributed by atoms with Gasteiger partial charge in [0, 0.05) is 16.4 Å². The highest BCUT2D eigenvalue weighted by molar-refractivity contribution is 7.15. The summed E-state index contributed by atoms with van der Waals surface area (Å²) < 4.78 is 4.96. The Hall–Kier alpha value is -1.59. The molecule has 0 spiro atoms. The third-order valence-electron chi connectivity index (χ3n) is 2.65. The quantitative estimate of drug-likeness (QED) is 0.851. The smallest absolute Gasteiger partial charge is 0.358 e. The van der Waals surface area contributed by atoms with Crippen LogP contribution in [0.4, 0.5) is 5.13 Å². The SMILES string of the molecule is CCOC(=O)c1nc(NCc2ccccc2Cl)sc1C. The molecule has 0 saturated heterocycles. The number of hydrogen-bond donors (Lipinski definition) is 1. The lowest BCUT2D eigenvalue weighted by atomic mass is 10.2. The fourth-order valence-corrected chi connectivity index (χ4v) is 2.67. The van der Waals surface area contributed by atoms with Crippen molar-refractivity contribution in [2.24, 2.45) is 0 Å². The van der Waals surface area contributed by atoms with Gasteiger partial charge in [0.05, 0.1) is 6.61 Å². The lowest BCUT2D eigenvalue weighted by Crippen LogP contribution is -2.07. The normalized spacial score (nSPS) is 10.3. The molecule has 6 heteroatoms. The first kappa shape index (κ1) is 14.8. The van der Waals surface area contributed by atoms with Crippen LogP contribution in [0.25, 0.3) is 0 Å². The number of benzene rings is 1. The Morgan fingerprint density at radius 3 is 2.90 bits per heavy atom. The molecule has 1 aromatic carbocycles. The van der Waals surface area contributed by atoms with Crippen LogP contribution in [-0.2, 0) is 11.3 Å². The number of halogens is 1. The number of thiazole rings is 1. The van der Waals surface area contributed by atoms with Gasteiger partial charge in [0.2, 0.25) is 0 Å². The molecular weight excluding hydrogens is 296 g/mol. The van der Waals surface area contributed by atoms with E-state index >= 15 is 0 Å². The number of carbonyl (C=O) groups excluding carboxylic acids is 1. The van der Waals surface area contributed by atoms with E-state index in [4.69, 9.17) is 16.3 Å². The first-order valence-electron chi connectivity index (χ1n) is 6.23. The van der Waals surface area contributed by atoms with Gasteiger partial charge in [0.1, 0.15) is 0 Å². The average molecular weight is 311 g/mol. The number of ether oxygens (including phenoxy) is 1. The maximum Gasteiger partial charge on any atom is 0.358 e. The molecule has 4 nitrogen and oxygen atoms in total. The molecule has 0 aliphatic carbocycles. The largest absolute Gasteiger partial charge is 0.461 e. The maximum absolute atomic E-state index is 11.7. The van der Waals surface area contributed by atoms with Gasteiger partial charge >= 0.3 is 5.97 Å². The van der Waals surface area contributed by atoms with Gasteiger partial charge < -0.3 is 10.1 Å². The molecule has 20 heavy (non-hydrogen) atoms. The van der Waals surface area contributed by atoms with E-state index in [0.717, 1.165) is 10.4 Å². The molecule has 1 aromatic heterocycles. The van der Waals surface area contributed by atoms with Gasteiger partial charge in [-0.25, -0.2) is 9.78 Å². The number of anilines is 1. The molecule has 2 aromatic rings. The van der Waals surface area contributed by atoms with E-state index < -0.39 is 0 Å². The summed E-state index contributed by atoms with van der Waals surface area (Å²) in [5.74, 6) is -0.382. The zero-order valence-electron chi connectivity index (χ0n) is 11.3. The van der Waals surface area contributed by atoms with Gasteiger partial charge in [-0.05, 0) is 25.5 Å². The van der Waals surface area contributed by atoms with E-state index in [0.29, 0.717) is 29.0 Å². The zero-order valence-corrected chi connectivity index (χ0v) is 12.8. The molecular formula is C14H15ClN2O2S. The van der Waals surface area contributed by atoms with Gasteiger partial charge in [-0.15, -0.1) is 11.3 Å². The van der Waals surface area contributed by atoms with Crippen molar-refractivity contribution >= 4 is 34.0 Å². The van der Waals surface area contributed by atoms with Gasteiger partial charge in [0.15, 0.2) is 10.8 Å². The van der Waals surface area contributed by atoms with E-state index in [1.165, 1.54) is 11.3 Å². The van der Waals surface area contributed by atoms with Gasteiger partial charge in [0.25, 0.3) is 0 Å². The summed E-state index contributed by atoms with van der Waals surface area (Å²) in [5, 5.41) is 4.57. The summed E-state index contributed by atoms with van der Waals surface area (Å²) in [4.78, 5) is 16.8. The van der Waals surface area contributed by atoms with Crippen LogP contribution in [0.15, 0.2) is 24.3 Å². The van der Waals surface area contributed by atoms with Crippen molar-refractivity contribution in [1.82, 2.24) is 4.98 Å². The molecule has 0 fully saturated rings. The van der Waals surface area contributed by atoms with Crippen LogP contribution in [0.5, 0.6) is 0 Å². The fourth-order valence-electron chi connectivity index (χ4n) is 1.67. The molecule has 0 saturated carbocycles. The molecule has 1 N–H and O–H groups in total. The van der Waals surface area contributed by atoms with Crippen LogP contribution in [0.1, 0.15) is 27.9 Å². The van der Waals surface area contributed by atoms with Crippen molar-refractivity contribution in [2.45, 2.75) is 20.4 Å². The highest BCUT2D eigenvalue weighted by Crippen LogP contribution is 2.24. The monoisotopic (exact) mass is 310 g/mol. The molecule has 2 rings (SSSR count). The Kier molecular flexibility index (Phi) is 4.98. The van der Waals surface area contributed by atoms with Crippen LogP contribution < -0.4 is 5.32 Å². The molecule has 0 bridgehead atoms. The Bertz CT molecular complexity index is 613. The van der Waals surface area contributed by atoms with Gasteiger partial charge in [-0.3, -0.25) is 0 Å². The van der Waals surface area contributed by atoms with E-state index in [1.807, 2.05) is 31.2 Å². The Morgan fingerprint density at radius 2 is 2.20 bits per heavy atom. The second kappa shape index (κ2) is 6.72. The van der Waals surface area contributed by atoms with Gasteiger partial charge in [-0.2, -0.15) is 0 Å². The lowest BCUT2D eigenvalue weighted by molar-refractivity contribution is 0.0519. The standard InChI is InChI=1S/C14H15ClN2O2S/c1-3-19-13(18)12-9(2)20-14(17-12)16-8-10-6-4-5-7-11(10)15/h4-7H,3,8H2,1-2H3,(H,16,17). The van der Waals surface area contributed by atoms with E-state index in [9.17, 15) is 4.79 Å². The van der Waals surface area contributed by atoms with Crippen LogP contribution in [-0.4, -0.2) is 17.6 Å².